The number of nitrogens with two attached hydrogens (primary N) is 1. The third-order valence-corrected chi connectivity index (χ3v) is 3.05. The molecule has 1 aromatic rings. The summed E-state index contributed by atoms with van der Waals surface area (Å²) in [7, 11) is 0. The second-order valence-electron chi connectivity index (χ2n) is 4.33. The second-order valence-corrected chi connectivity index (χ2v) is 4.33. The molecule has 0 atom stereocenters. The molecule has 1 aromatic carbocycles. The lowest BCUT2D eigenvalue weighted by molar-refractivity contribution is 0.217. The summed E-state index contributed by atoms with van der Waals surface area (Å²) in [6.07, 6.45) is 1.93. The van der Waals surface area contributed by atoms with E-state index in [9.17, 15) is 5.26 Å². The van der Waals surface area contributed by atoms with Crippen molar-refractivity contribution in [1.29, 1.82) is 5.26 Å². The molecule has 2 nitrogen and oxygen atoms in total. The Morgan fingerprint density at radius 2 is 2.21 bits per heavy atom. The highest BCUT2D eigenvalue weighted by molar-refractivity contribution is 5.46. The molecule has 2 rings (SSSR count). The van der Waals surface area contributed by atoms with Crippen LogP contribution in [0.25, 0.3) is 0 Å². The van der Waals surface area contributed by atoms with Crippen LogP contribution in [0.3, 0.4) is 0 Å². The van der Waals surface area contributed by atoms with Gasteiger partial charge < -0.3 is 5.73 Å². The zero-order valence-corrected chi connectivity index (χ0v) is 8.33. The van der Waals surface area contributed by atoms with Crippen molar-refractivity contribution in [1.82, 2.24) is 0 Å². The fourth-order valence-corrected chi connectivity index (χ4v) is 2.36. The topological polar surface area (TPSA) is 49.8 Å². The summed E-state index contributed by atoms with van der Waals surface area (Å²) in [4.78, 5) is 0. The molecule has 0 radical (unpaired) electrons. The first kappa shape index (κ1) is 9.08. The average molecular weight is 186 g/mol. The Morgan fingerprint density at radius 1 is 1.50 bits per heavy atom. The van der Waals surface area contributed by atoms with Gasteiger partial charge in [-0.25, -0.2) is 0 Å². The minimum atomic E-state index is -0.255. The normalized spacial score (nSPS) is 30.4. The van der Waals surface area contributed by atoms with Gasteiger partial charge >= 0.3 is 0 Å². The zero-order valence-electron chi connectivity index (χ0n) is 8.33. The van der Waals surface area contributed by atoms with Crippen molar-refractivity contribution in [2.75, 3.05) is 5.73 Å². The van der Waals surface area contributed by atoms with Gasteiger partial charge in [-0.2, -0.15) is 5.26 Å². The van der Waals surface area contributed by atoms with Gasteiger partial charge in [0.2, 0.25) is 0 Å². The van der Waals surface area contributed by atoms with Crippen LogP contribution in [0.4, 0.5) is 5.69 Å². The number of rotatable bonds is 1. The van der Waals surface area contributed by atoms with Crippen LogP contribution in [-0.2, 0) is 5.41 Å². The van der Waals surface area contributed by atoms with E-state index in [-0.39, 0.29) is 5.41 Å². The first-order chi connectivity index (χ1) is 6.66. The van der Waals surface area contributed by atoms with Gasteiger partial charge in [0.25, 0.3) is 0 Å². The van der Waals surface area contributed by atoms with Crippen molar-refractivity contribution in [3.05, 3.63) is 29.8 Å². The van der Waals surface area contributed by atoms with Crippen molar-refractivity contribution in [3.63, 3.8) is 0 Å². The highest BCUT2D eigenvalue weighted by Crippen LogP contribution is 2.47. The number of nitriles is 1. The molecule has 0 spiro atoms. The lowest BCUT2D eigenvalue weighted by Gasteiger charge is -2.41. The van der Waals surface area contributed by atoms with Crippen LogP contribution in [0.5, 0.6) is 0 Å². The molecule has 0 aliphatic heterocycles. The van der Waals surface area contributed by atoms with Gasteiger partial charge in [-0.05, 0) is 36.5 Å². The number of nitrogens with zero attached hydrogens (tertiary/aromatic N) is 1. The van der Waals surface area contributed by atoms with Crippen molar-refractivity contribution < 1.29 is 0 Å². The van der Waals surface area contributed by atoms with Crippen LogP contribution in [0.2, 0.25) is 0 Å². The standard InChI is InChI=1S/C12H14N2/c1-9-6-12(7-9,8-13)10-3-2-4-11(14)5-10/h2-5,9H,6-7,14H2,1H3. The Labute approximate surface area is 84.3 Å². The average Bonchev–Trinajstić information content (AvgIpc) is 2.12. The fraction of sp³-hybridized carbons (Fsp3) is 0.417. The molecular formula is C12H14N2. The molecule has 0 amide bonds. The van der Waals surface area contributed by atoms with E-state index in [4.69, 9.17) is 5.73 Å². The van der Waals surface area contributed by atoms with Crippen LogP contribution in [0.15, 0.2) is 24.3 Å². The minimum absolute atomic E-state index is 0.255. The summed E-state index contributed by atoms with van der Waals surface area (Å²) in [5.74, 6) is 0.663. The summed E-state index contributed by atoms with van der Waals surface area (Å²) in [6, 6.07) is 10.1. The second kappa shape index (κ2) is 3.02. The maximum absolute atomic E-state index is 9.21. The maximum atomic E-state index is 9.21. The van der Waals surface area contributed by atoms with Crippen LogP contribution in [0.1, 0.15) is 25.3 Å². The highest BCUT2D eigenvalue weighted by atomic mass is 14.6. The number of anilines is 1. The Bertz CT molecular complexity index is 384. The van der Waals surface area contributed by atoms with E-state index < -0.39 is 0 Å². The van der Waals surface area contributed by atoms with E-state index >= 15 is 0 Å². The molecule has 72 valence electrons. The SMILES string of the molecule is CC1CC(C#N)(c2cccc(N)c2)C1. The quantitative estimate of drug-likeness (QED) is 0.685. The summed E-state index contributed by atoms with van der Waals surface area (Å²) in [6.45, 7) is 2.18. The fourth-order valence-electron chi connectivity index (χ4n) is 2.36. The van der Waals surface area contributed by atoms with E-state index in [1.54, 1.807) is 0 Å². The number of nitrogen functional groups attached to an aromatic ring is 1. The van der Waals surface area contributed by atoms with Crippen LogP contribution < -0.4 is 5.73 Å². The Hall–Kier alpha value is -1.49. The molecule has 2 N–H and O–H groups in total. The van der Waals surface area contributed by atoms with Gasteiger partial charge in [0.1, 0.15) is 0 Å². The predicted molar refractivity (Wildman–Crippen MR) is 56.5 cm³/mol. The third-order valence-electron chi connectivity index (χ3n) is 3.05. The zero-order chi connectivity index (χ0) is 10.2. The molecule has 0 heterocycles. The minimum Gasteiger partial charge on any atom is -0.399 e. The Balaban J connectivity index is 2.35. The van der Waals surface area contributed by atoms with E-state index in [0.29, 0.717) is 5.92 Å². The van der Waals surface area contributed by atoms with Crippen LogP contribution in [0, 0.1) is 17.2 Å². The monoisotopic (exact) mass is 186 g/mol. The van der Waals surface area contributed by atoms with Gasteiger partial charge in [0.05, 0.1) is 11.5 Å². The summed E-state index contributed by atoms with van der Waals surface area (Å²) < 4.78 is 0. The van der Waals surface area contributed by atoms with Gasteiger partial charge in [-0.3, -0.25) is 0 Å². The van der Waals surface area contributed by atoms with Crippen molar-refractivity contribution in [2.24, 2.45) is 5.92 Å². The molecule has 1 aliphatic carbocycles. The molecule has 1 fully saturated rings. The molecule has 0 bridgehead atoms. The van der Waals surface area contributed by atoms with Gasteiger partial charge in [0.15, 0.2) is 0 Å². The lowest BCUT2D eigenvalue weighted by Crippen LogP contribution is -2.38. The summed E-state index contributed by atoms with van der Waals surface area (Å²) in [5, 5.41) is 9.21. The molecule has 14 heavy (non-hydrogen) atoms. The first-order valence-electron chi connectivity index (χ1n) is 4.93. The van der Waals surface area contributed by atoms with Gasteiger partial charge in [-0.15, -0.1) is 0 Å². The largest absolute Gasteiger partial charge is 0.399 e. The highest BCUT2D eigenvalue weighted by Gasteiger charge is 2.43. The number of hydrogen-bond acceptors (Lipinski definition) is 2. The molecule has 0 saturated heterocycles. The van der Waals surface area contributed by atoms with Crippen LogP contribution >= 0.6 is 0 Å². The van der Waals surface area contributed by atoms with E-state index in [1.165, 1.54) is 0 Å². The van der Waals surface area contributed by atoms with E-state index in [2.05, 4.69) is 13.0 Å². The van der Waals surface area contributed by atoms with Crippen LogP contribution in [-0.4, -0.2) is 0 Å². The van der Waals surface area contributed by atoms with Gasteiger partial charge in [-0.1, -0.05) is 19.1 Å². The van der Waals surface area contributed by atoms with Gasteiger partial charge in [0, 0.05) is 5.69 Å². The Morgan fingerprint density at radius 3 is 2.71 bits per heavy atom. The molecule has 0 unspecified atom stereocenters. The lowest BCUT2D eigenvalue weighted by atomic mass is 9.60. The third kappa shape index (κ3) is 1.26. The predicted octanol–water partition coefficient (Wildman–Crippen LogP) is 2.46. The van der Waals surface area contributed by atoms with Crippen molar-refractivity contribution in [2.45, 2.75) is 25.2 Å². The first-order valence-corrected chi connectivity index (χ1v) is 4.93. The molecule has 1 aliphatic rings. The molecule has 1 saturated carbocycles. The molecule has 2 heteroatoms. The van der Waals surface area contributed by atoms with Crippen molar-refractivity contribution >= 4 is 5.69 Å². The Kier molecular flexibility index (Phi) is 1.96. The number of benzene rings is 1. The smallest absolute Gasteiger partial charge is 0.0828 e. The van der Waals surface area contributed by atoms with Crippen molar-refractivity contribution in [3.8, 4) is 6.07 Å². The molecular weight excluding hydrogens is 172 g/mol. The molecule has 0 aromatic heterocycles. The summed E-state index contributed by atoms with van der Waals surface area (Å²) in [5.41, 5.74) is 7.29. The van der Waals surface area contributed by atoms with E-state index in [0.717, 1.165) is 24.1 Å². The number of hydrogen-bond donors (Lipinski definition) is 1. The summed E-state index contributed by atoms with van der Waals surface area (Å²) >= 11 is 0. The van der Waals surface area contributed by atoms with E-state index in [1.807, 2.05) is 24.3 Å². The maximum Gasteiger partial charge on any atom is 0.0828 e.